The molecule has 0 aliphatic carbocycles. The Hall–Kier alpha value is -1.40. The van der Waals surface area contributed by atoms with Crippen molar-refractivity contribution in [1.29, 1.82) is 0 Å². The molecule has 1 aromatic heterocycles. The molecule has 0 radical (unpaired) electrons. The number of carbonyl (C=O) groups is 1. The number of hydrogen-bond donors (Lipinski definition) is 1. The van der Waals surface area contributed by atoms with Crippen LogP contribution in [-0.2, 0) is 11.2 Å². The van der Waals surface area contributed by atoms with Gasteiger partial charge in [0.25, 0.3) is 0 Å². The summed E-state index contributed by atoms with van der Waals surface area (Å²) in [6.45, 7) is 5.22. The van der Waals surface area contributed by atoms with Crippen molar-refractivity contribution < 1.29 is 14.4 Å². The summed E-state index contributed by atoms with van der Waals surface area (Å²) in [5, 5.41) is 14.3. The van der Waals surface area contributed by atoms with Gasteiger partial charge in [0, 0.05) is 18.7 Å². The molecule has 0 bridgehead atoms. The van der Waals surface area contributed by atoms with Crippen LogP contribution in [0.4, 0.5) is 0 Å². The normalized spacial score (nSPS) is 22.8. The zero-order valence-electron chi connectivity index (χ0n) is 12.6. The number of carbonyl (C=O) groups excluding carboxylic acids is 1. The molecule has 1 fully saturated rings. The molecule has 1 aliphatic rings. The van der Waals surface area contributed by atoms with Gasteiger partial charge in [-0.1, -0.05) is 5.16 Å². The van der Waals surface area contributed by atoms with Gasteiger partial charge >= 0.3 is 0 Å². The van der Waals surface area contributed by atoms with Crippen LogP contribution in [0.3, 0.4) is 0 Å². The summed E-state index contributed by atoms with van der Waals surface area (Å²) in [5.41, 5.74) is 0.828. The van der Waals surface area contributed by atoms with Gasteiger partial charge in [-0.05, 0) is 34.4 Å². The molecule has 6 nitrogen and oxygen atoms in total. The van der Waals surface area contributed by atoms with Gasteiger partial charge in [-0.2, -0.15) is 0 Å². The Bertz CT molecular complexity index is 478. The van der Waals surface area contributed by atoms with E-state index in [1.807, 2.05) is 32.8 Å². The molecule has 1 atom stereocenters. The van der Waals surface area contributed by atoms with Gasteiger partial charge in [-0.25, -0.2) is 0 Å². The number of hydrogen-bond acceptors (Lipinski definition) is 5. The average Bonchev–Trinajstić information content (AvgIpc) is 2.86. The zero-order valence-corrected chi connectivity index (χ0v) is 12.6. The van der Waals surface area contributed by atoms with Crippen molar-refractivity contribution in [2.24, 2.45) is 0 Å². The quantitative estimate of drug-likeness (QED) is 0.863. The first kappa shape index (κ1) is 15.0. The third-order valence-electron chi connectivity index (χ3n) is 3.80. The highest BCUT2D eigenvalue weighted by atomic mass is 16.5. The minimum absolute atomic E-state index is 0.0223. The van der Waals surface area contributed by atoms with E-state index in [1.165, 1.54) is 0 Å². The van der Waals surface area contributed by atoms with Gasteiger partial charge in [-0.3, -0.25) is 4.79 Å². The van der Waals surface area contributed by atoms with E-state index in [4.69, 9.17) is 4.52 Å². The van der Waals surface area contributed by atoms with E-state index in [-0.39, 0.29) is 5.91 Å². The predicted molar refractivity (Wildman–Crippen MR) is 74.4 cm³/mol. The maximum Gasteiger partial charge on any atom is 0.227 e. The molecule has 20 heavy (non-hydrogen) atoms. The minimum atomic E-state index is -0.794. The van der Waals surface area contributed by atoms with Crippen LogP contribution in [0.25, 0.3) is 0 Å². The van der Waals surface area contributed by atoms with E-state index < -0.39 is 5.60 Å². The first-order valence-electron chi connectivity index (χ1n) is 6.87. The molecular weight excluding hydrogens is 258 g/mol. The number of nitrogens with zero attached hydrogens (tertiary/aromatic N) is 3. The molecular formula is C14H23N3O3. The van der Waals surface area contributed by atoms with E-state index in [1.54, 1.807) is 4.90 Å². The van der Waals surface area contributed by atoms with Crippen molar-refractivity contribution in [3.05, 3.63) is 17.0 Å². The molecule has 1 aliphatic heterocycles. The maximum absolute atomic E-state index is 12.3. The number of β-amino-alcohol motifs (C(OH)–C–C–N with tert-alkyl or cyclic N) is 1. The van der Waals surface area contributed by atoms with Crippen LogP contribution in [0.5, 0.6) is 0 Å². The lowest BCUT2D eigenvalue weighted by molar-refractivity contribution is -0.130. The van der Waals surface area contributed by atoms with E-state index in [9.17, 15) is 9.90 Å². The number of likely N-dealkylation sites (tertiary alicyclic amines) is 1. The van der Waals surface area contributed by atoms with Crippen LogP contribution in [0.15, 0.2) is 4.52 Å². The molecule has 0 saturated carbocycles. The van der Waals surface area contributed by atoms with Gasteiger partial charge in [0.1, 0.15) is 5.76 Å². The van der Waals surface area contributed by atoms with Crippen LogP contribution in [0, 0.1) is 13.8 Å². The maximum atomic E-state index is 12.3. The fraction of sp³-hybridized carbons (Fsp3) is 0.714. The molecule has 6 heteroatoms. The summed E-state index contributed by atoms with van der Waals surface area (Å²) in [6.07, 6.45) is 0.914. The van der Waals surface area contributed by atoms with Crippen LogP contribution >= 0.6 is 0 Å². The molecule has 1 N–H and O–H groups in total. The summed E-state index contributed by atoms with van der Waals surface area (Å²) < 4.78 is 5.08. The van der Waals surface area contributed by atoms with E-state index in [0.29, 0.717) is 38.2 Å². The van der Waals surface area contributed by atoms with Gasteiger partial charge in [0.05, 0.1) is 24.3 Å². The molecule has 1 saturated heterocycles. The predicted octanol–water partition coefficient (Wildman–Crippen LogP) is 0.359. The molecule has 0 unspecified atom stereocenters. The fourth-order valence-electron chi connectivity index (χ4n) is 2.80. The number of aryl methyl sites for hydroxylation is 2. The third-order valence-corrected chi connectivity index (χ3v) is 3.80. The average molecular weight is 281 g/mol. The number of aliphatic hydroxyl groups is 1. The second kappa shape index (κ2) is 5.54. The van der Waals surface area contributed by atoms with Crippen LogP contribution in [0.2, 0.25) is 0 Å². The zero-order chi connectivity index (χ0) is 14.9. The first-order chi connectivity index (χ1) is 9.31. The molecule has 0 aromatic carbocycles. The number of amides is 1. The number of rotatable bonds is 4. The van der Waals surface area contributed by atoms with Gasteiger partial charge in [0.15, 0.2) is 0 Å². The smallest absolute Gasteiger partial charge is 0.227 e. The Morgan fingerprint density at radius 1 is 1.50 bits per heavy atom. The van der Waals surface area contributed by atoms with E-state index in [0.717, 1.165) is 11.3 Å². The Balaban J connectivity index is 1.98. The monoisotopic (exact) mass is 281 g/mol. The van der Waals surface area contributed by atoms with Crippen LogP contribution in [-0.4, -0.2) is 65.3 Å². The molecule has 2 rings (SSSR count). The van der Waals surface area contributed by atoms with Gasteiger partial charge in [0.2, 0.25) is 5.91 Å². The summed E-state index contributed by atoms with van der Waals surface area (Å²) in [6, 6.07) is 0. The molecule has 1 amide bonds. The van der Waals surface area contributed by atoms with Crippen molar-refractivity contribution in [2.45, 2.75) is 32.3 Å². The minimum Gasteiger partial charge on any atom is -0.387 e. The summed E-state index contributed by atoms with van der Waals surface area (Å²) in [7, 11) is 3.85. The van der Waals surface area contributed by atoms with Crippen molar-refractivity contribution in [3.8, 4) is 0 Å². The molecule has 0 spiro atoms. The molecule has 1 aromatic rings. The first-order valence-corrected chi connectivity index (χ1v) is 6.87. The van der Waals surface area contributed by atoms with Crippen LogP contribution < -0.4 is 0 Å². The lowest BCUT2D eigenvalue weighted by Gasteiger charge is -2.26. The Labute approximate surface area is 119 Å². The SMILES string of the molecule is Cc1noc(C)c1CC(=O)N1CC[C@](O)(CN(C)C)C1. The lowest BCUT2D eigenvalue weighted by Crippen LogP contribution is -2.43. The second-order valence-electron chi connectivity index (χ2n) is 6.01. The summed E-state index contributed by atoms with van der Waals surface area (Å²) >= 11 is 0. The van der Waals surface area contributed by atoms with E-state index in [2.05, 4.69) is 5.16 Å². The van der Waals surface area contributed by atoms with Gasteiger partial charge < -0.3 is 19.4 Å². The van der Waals surface area contributed by atoms with Crippen molar-refractivity contribution in [1.82, 2.24) is 15.0 Å². The summed E-state index contributed by atoms with van der Waals surface area (Å²) in [4.78, 5) is 16.0. The van der Waals surface area contributed by atoms with Gasteiger partial charge in [-0.15, -0.1) is 0 Å². The summed E-state index contributed by atoms with van der Waals surface area (Å²) in [5.74, 6) is 0.715. The fourth-order valence-corrected chi connectivity index (χ4v) is 2.80. The largest absolute Gasteiger partial charge is 0.387 e. The van der Waals surface area contributed by atoms with Crippen molar-refractivity contribution >= 4 is 5.91 Å². The molecule has 2 heterocycles. The number of likely N-dealkylation sites (N-methyl/N-ethyl adjacent to an activating group) is 1. The van der Waals surface area contributed by atoms with Crippen molar-refractivity contribution in [3.63, 3.8) is 0 Å². The van der Waals surface area contributed by atoms with Crippen molar-refractivity contribution in [2.75, 3.05) is 33.7 Å². The highest BCUT2D eigenvalue weighted by Crippen LogP contribution is 2.23. The standard InChI is InChI=1S/C14H23N3O3/c1-10-12(11(2)20-15-10)7-13(18)17-6-5-14(19,9-17)8-16(3)4/h19H,5-9H2,1-4H3/t14-/m0/s1. The third kappa shape index (κ3) is 3.19. The number of aromatic nitrogens is 1. The van der Waals surface area contributed by atoms with E-state index >= 15 is 0 Å². The Morgan fingerprint density at radius 2 is 2.20 bits per heavy atom. The second-order valence-corrected chi connectivity index (χ2v) is 6.01. The Kier molecular flexibility index (Phi) is 4.15. The van der Waals surface area contributed by atoms with Crippen LogP contribution in [0.1, 0.15) is 23.4 Å². The lowest BCUT2D eigenvalue weighted by atomic mass is 10.0. The Morgan fingerprint density at radius 3 is 2.75 bits per heavy atom. The highest BCUT2D eigenvalue weighted by Gasteiger charge is 2.38. The highest BCUT2D eigenvalue weighted by molar-refractivity contribution is 5.79. The molecule has 112 valence electrons. The topological polar surface area (TPSA) is 69.8 Å².